The van der Waals surface area contributed by atoms with E-state index in [4.69, 9.17) is 9.84 Å². The summed E-state index contributed by atoms with van der Waals surface area (Å²) in [6.45, 7) is 2.51. The molecule has 2 heterocycles. The first-order chi connectivity index (χ1) is 11.8. The Labute approximate surface area is 141 Å². The molecule has 0 fully saturated rings. The van der Waals surface area contributed by atoms with Crippen molar-refractivity contribution in [2.75, 3.05) is 12.4 Å². The van der Waals surface area contributed by atoms with Crippen molar-refractivity contribution in [3.63, 3.8) is 0 Å². The number of para-hydroxylation sites is 1. The molecule has 122 valence electrons. The molecule has 0 atom stereocenters. The van der Waals surface area contributed by atoms with E-state index in [0.29, 0.717) is 17.9 Å². The molecule has 2 aliphatic rings. The number of ether oxygens (including phenoxy) is 1. The van der Waals surface area contributed by atoms with Gasteiger partial charge in [-0.05, 0) is 24.6 Å². The van der Waals surface area contributed by atoms with Crippen molar-refractivity contribution in [3.05, 3.63) is 70.8 Å². The lowest BCUT2D eigenvalue weighted by molar-refractivity contribution is -0.110. The van der Waals surface area contributed by atoms with Gasteiger partial charge in [0.2, 0.25) is 0 Å². The first-order valence-electron chi connectivity index (χ1n) is 7.76. The highest BCUT2D eigenvalue weighted by atomic mass is 16.5. The lowest BCUT2D eigenvalue weighted by Crippen LogP contribution is -2.05. The van der Waals surface area contributed by atoms with Crippen LogP contribution < -0.4 is 5.32 Å². The van der Waals surface area contributed by atoms with Crippen molar-refractivity contribution in [2.45, 2.75) is 13.5 Å². The van der Waals surface area contributed by atoms with Gasteiger partial charge < -0.3 is 15.2 Å². The fraction of sp³-hybridized carbons (Fsp3) is 0.150. The van der Waals surface area contributed by atoms with Crippen LogP contribution in [-0.2, 0) is 16.1 Å². The molecule has 2 aliphatic heterocycles. The van der Waals surface area contributed by atoms with Crippen LogP contribution in [0.5, 0.6) is 0 Å². The molecule has 0 saturated heterocycles. The van der Waals surface area contributed by atoms with E-state index >= 15 is 0 Å². The minimum absolute atomic E-state index is 0.0958. The van der Waals surface area contributed by atoms with Gasteiger partial charge in [-0.1, -0.05) is 42.5 Å². The molecular weight excluding hydrogens is 302 g/mol. The number of hydrogen-bond acceptors (Lipinski definition) is 3. The maximum absolute atomic E-state index is 12.3. The summed E-state index contributed by atoms with van der Waals surface area (Å²) >= 11 is 0. The summed E-state index contributed by atoms with van der Waals surface area (Å²) in [6.07, 6.45) is 4.07. The summed E-state index contributed by atoms with van der Waals surface area (Å²) in [6, 6.07) is 13.9. The number of aliphatic hydroxyl groups excluding tert-OH is 1. The number of anilines is 1. The molecule has 4 heteroatoms. The first kappa shape index (κ1) is 16.0. The van der Waals surface area contributed by atoms with Gasteiger partial charge in [0.25, 0.3) is 5.91 Å². The number of rotatable bonds is 1. The van der Waals surface area contributed by atoms with E-state index < -0.39 is 0 Å². The number of benzene rings is 2. The molecule has 0 saturated carbocycles. The second-order valence-electron chi connectivity index (χ2n) is 5.41. The minimum Gasteiger partial charge on any atom is -0.487 e. The maximum atomic E-state index is 12.3. The highest BCUT2D eigenvalue weighted by Gasteiger charge is 2.32. The Morgan fingerprint density at radius 2 is 1.92 bits per heavy atom. The molecule has 24 heavy (non-hydrogen) atoms. The van der Waals surface area contributed by atoms with Gasteiger partial charge in [0.15, 0.2) is 0 Å². The number of fused-ring (bicyclic) bond motifs is 2. The molecule has 0 aliphatic carbocycles. The van der Waals surface area contributed by atoms with Crippen LogP contribution in [0.4, 0.5) is 5.69 Å². The third kappa shape index (κ3) is 2.61. The summed E-state index contributed by atoms with van der Waals surface area (Å²) in [4.78, 5) is 12.3. The molecule has 0 unspecified atom stereocenters. The Kier molecular flexibility index (Phi) is 4.49. The van der Waals surface area contributed by atoms with Crippen LogP contribution in [0.3, 0.4) is 0 Å². The molecule has 0 bridgehead atoms. The SMILES string of the molecule is C/C=C/c1ccc2c(c1)CO/C2=C1/C(=O)Nc2ccccc21.CO. The smallest absolute Gasteiger partial charge is 0.260 e. The monoisotopic (exact) mass is 321 g/mol. The number of nitrogens with one attached hydrogen (secondary N) is 1. The average molecular weight is 321 g/mol. The van der Waals surface area contributed by atoms with Crippen LogP contribution in [0.1, 0.15) is 29.2 Å². The van der Waals surface area contributed by atoms with Gasteiger partial charge in [-0.25, -0.2) is 0 Å². The fourth-order valence-corrected chi connectivity index (χ4v) is 3.03. The maximum Gasteiger partial charge on any atom is 0.260 e. The molecule has 1 amide bonds. The van der Waals surface area contributed by atoms with Crippen molar-refractivity contribution in [3.8, 4) is 0 Å². The van der Waals surface area contributed by atoms with Crippen LogP contribution in [0.25, 0.3) is 17.4 Å². The summed E-state index contributed by atoms with van der Waals surface area (Å²) in [7, 11) is 1.00. The molecule has 0 spiro atoms. The van der Waals surface area contributed by atoms with E-state index in [0.717, 1.165) is 35.1 Å². The Balaban J connectivity index is 0.000000815. The third-order valence-electron chi connectivity index (χ3n) is 4.00. The molecule has 2 aromatic rings. The molecule has 0 radical (unpaired) electrons. The average Bonchev–Trinajstić information content (AvgIpc) is 3.16. The molecule has 2 N–H and O–H groups in total. The lowest BCUT2D eigenvalue weighted by atomic mass is 9.99. The predicted molar refractivity (Wildman–Crippen MR) is 96.0 cm³/mol. The van der Waals surface area contributed by atoms with Gasteiger partial charge in [-0.2, -0.15) is 0 Å². The van der Waals surface area contributed by atoms with Crippen molar-refractivity contribution in [1.82, 2.24) is 0 Å². The molecule has 2 aromatic carbocycles. The first-order valence-corrected chi connectivity index (χ1v) is 7.76. The fourth-order valence-electron chi connectivity index (χ4n) is 3.03. The Hall–Kier alpha value is -2.85. The number of amides is 1. The van der Waals surface area contributed by atoms with Gasteiger partial charge in [0.1, 0.15) is 12.4 Å². The highest BCUT2D eigenvalue weighted by molar-refractivity contribution is 6.36. The van der Waals surface area contributed by atoms with Crippen molar-refractivity contribution < 1.29 is 14.6 Å². The highest BCUT2D eigenvalue weighted by Crippen LogP contribution is 2.41. The molecule has 4 rings (SSSR count). The van der Waals surface area contributed by atoms with Crippen molar-refractivity contribution in [1.29, 1.82) is 0 Å². The number of hydrogen-bond donors (Lipinski definition) is 2. The van der Waals surface area contributed by atoms with Gasteiger partial charge in [-0.3, -0.25) is 4.79 Å². The normalized spacial score (nSPS) is 17.7. The molecule has 0 aromatic heterocycles. The molecular formula is C20H19NO3. The quantitative estimate of drug-likeness (QED) is 0.788. The lowest BCUT2D eigenvalue weighted by Gasteiger charge is -2.05. The van der Waals surface area contributed by atoms with E-state index in [1.807, 2.05) is 49.4 Å². The minimum atomic E-state index is -0.0958. The second kappa shape index (κ2) is 6.72. The van der Waals surface area contributed by atoms with Crippen LogP contribution in [0, 0.1) is 0 Å². The van der Waals surface area contributed by atoms with Gasteiger partial charge in [0, 0.05) is 29.5 Å². The zero-order chi connectivity index (χ0) is 17.1. The van der Waals surface area contributed by atoms with E-state index in [9.17, 15) is 4.79 Å². The van der Waals surface area contributed by atoms with Gasteiger partial charge in [0.05, 0.1) is 5.57 Å². The summed E-state index contributed by atoms with van der Waals surface area (Å²) in [5.74, 6) is 0.589. The zero-order valence-corrected chi connectivity index (χ0v) is 13.7. The van der Waals surface area contributed by atoms with Crippen LogP contribution in [-0.4, -0.2) is 18.1 Å². The Bertz CT molecular complexity index is 850. The number of allylic oxidation sites excluding steroid dienone is 1. The number of carbonyl (C=O) groups is 1. The van der Waals surface area contributed by atoms with Crippen LogP contribution in [0.2, 0.25) is 0 Å². The van der Waals surface area contributed by atoms with Gasteiger partial charge in [-0.15, -0.1) is 0 Å². The van der Waals surface area contributed by atoms with Crippen molar-refractivity contribution in [2.24, 2.45) is 0 Å². The Morgan fingerprint density at radius 1 is 1.12 bits per heavy atom. The van der Waals surface area contributed by atoms with E-state index in [1.165, 1.54) is 0 Å². The predicted octanol–water partition coefficient (Wildman–Crippen LogP) is 3.68. The summed E-state index contributed by atoms with van der Waals surface area (Å²) in [5, 5.41) is 9.90. The van der Waals surface area contributed by atoms with E-state index in [1.54, 1.807) is 0 Å². The molecule has 4 nitrogen and oxygen atoms in total. The number of aliphatic hydroxyl groups is 1. The van der Waals surface area contributed by atoms with E-state index in [2.05, 4.69) is 17.5 Å². The topological polar surface area (TPSA) is 58.6 Å². The van der Waals surface area contributed by atoms with Crippen molar-refractivity contribution >= 4 is 29.0 Å². The van der Waals surface area contributed by atoms with Crippen LogP contribution in [0.15, 0.2) is 48.5 Å². The largest absolute Gasteiger partial charge is 0.487 e. The third-order valence-corrected chi connectivity index (χ3v) is 4.00. The number of carbonyl (C=O) groups excluding carboxylic acids is 1. The van der Waals surface area contributed by atoms with Crippen LogP contribution >= 0.6 is 0 Å². The van der Waals surface area contributed by atoms with Gasteiger partial charge >= 0.3 is 0 Å². The second-order valence-corrected chi connectivity index (χ2v) is 5.41. The Morgan fingerprint density at radius 3 is 2.71 bits per heavy atom. The zero-order valence-electron chi connectivity index (χ0n) is 13.7. The summed E-state index contributed by atoms with van der Waals surface area (Å²) in [5.41, 5.74) is 5.66. The summed E-state index contributed by atoms with van der Waals surface area (Å²) < 4.78 is 5.86. The van der Waals surface area contributed by atoms with E-state index in [-0.39, 0.29) is 5.91 Å². The standard InChI is InChI=1S/C19H15NO2.CH4O/c1-2-5-12-8-9-14-13(10-12)11-22-18(14)17-15-6-3-4-7-16(15)20-19(17)21;1-2/h2-10H,11H2,1H3,(H,20,21);2H,1H3/b5-2+,18-17+;.